The lowest BCUT2D eigenvalue weighted by Crippen LogP contribution is -2.41. The van der Waals surface area contributed by atoms with Gasteiger partial charge in [0.2, 0.25) is 6.41 Å². The first-order valence-corrected chi connectivity index (χ1v) is 9.68. The predicted octanol–water partition coefficient (Wildman–Crippen LogP) is 0.974. The van der Waals surface area contributed by atoms with Gasteiger partial charge >= 0.3 is 0 Å². The van der Waals surface area contributed by atoms with E-state index >= 15 is 0 Å². The highest BCUT2D eigenvalue weighted by atomic mass is 16.5. The number of carbonyl (C=O) groups excluding carboxylic acids is 2. The second-order valence-corrected chi connectivity index (χ2v) is 7.13. The molecule has 1 atom stereocenters. The van der Waals surface area contributed by atoms with Gasteiger partial charge in [-0.25, -0.2) is 4.98 Å². The molecular weight excluding hydrogens is 358 g/mol. The molecule has 8 heteroatoms. The second kappa shape index (κ2) is 8.02. The molecule has 0 aliphatic carbocycles. The molecular formula is C20H25N5O3. The number of likely N-dealkylation sites (N-methyl/N-ethyl adjacent to an activating group) is 1. The summed E-state index contributed by atoms with van der Waals surface area (Å²) in [6.45, 7) is 3.43. The number of nitrogens with one attached hydrogen (secondary N) is 1. The molecule has 1 aromatic heterocycles. The number of carbonyl (C=O) groups is 2. The lowest BCUT2D eigenvalue weighted by molar-refractivity contribution is -0.116. The second-order valence-electron chi connectivity index (χ2n) is 7.13. The van der Waals surface area contributed by atoms with Crippen LogP contribution in [0.5, 0.6) is 5.75 Å². The summed E-state index contributed by atoms with van der Waals surface area (Å²) in [5, 5.41) is 3.11. The van der Waals surface area contributed by atoms with Gasteiger partial charge in [0.1, 0.15) is 6.61 Å². The van der Waals surface area contributed by atoms with Crippen molar-refractivity contribution >= 4 is 18.1 Å². The fourth-order valence-electron chi connectivity index (χ4n) is 3.85. The number of hydrogen-bond acceptors (Lipinski definition) is 6. The third-order valence-corrected chi connectivity index (χ3v) is 5.31. The monoisotopic (exact) mass is 383 g/mol. The smallest absolute Gasteiger partial charge is 0.255 e. The molecule has 1 saturated heterocycles. The summed E-state index contributed by atoms with van der Waals surface area (Å²) in [6, 6.07) is 1.73. The van der Waals surface area contributed by atoms with Crippen molar-refractivity contribution in [1.82, 2.24) is 20.1 Å². The first kappa shape index (κ1) is 18.5. The van der Waals surface area contributed by atoms with Crippen molar-refractivity contribution in [2.24, 2.45) is 0 Å². The molecule has 28 heavy (non-hydrogen) atoms. The summed E-state index contributed by atoms with van der Waals surface area (Å²) in [4.78, 5) is 34.1. The average molecular weight is 383 g/mol. The van der Waals surface area contributed by atoms with Crippen molar-refractivity contribution in [2.75, 3.05) is 44.7 Å². The Kier molecular flexibility index (Phi) is 5.29. The van der Waals surface area contributed by atoms with E-state index in [1.807, 2.05) is 24.1 Å². The molecule has 4 heterocycles. The van der Waals surface area contributed by atoms with Crippen molar-refractivity contribution in [3.63, 3.8) is 0 Å². The summed E-state index contributed by atoms with van der Waals surface area (Å²) in [5.41, 5.74) is 1.53. The summed E-state index contributed by atoms with van der Waals surface area (Å²) in [6.07, 6.45) is 10.3. The van der Waals surface area contributed by atoms with E-state index in [0.717, 1.165) is 38.0 Å². The van der Waals surface area contributed by atoms with Crippen molar-refractivity contribution < 1.29 is 14.3 Å². The summed E-state index contributed by atoms with van der Waals surface area (Å²) in [5.74, 6) is 1.33. The Hall–Kier alpha value is -2.87. The number of hydrogen-bond donors (Lipinski definition) is 1. The Morgan fingerprint density at radius 2 is 2.18 bits per heavy atom. The quantitative estimate of drug-likeness (QED) is 0.764. The van der Waals surface area contributed by atoms with E-state index in [-0.39, 0.29) is 11.9 Å². The van der Waals surface area contributed by atoms with E-state index in [9.17, 15) is 9.59 Å². The molecule has 3 aliphatic heterocycles. The first-order valence-electron chi connectivity index (χ1n) is 9.68. The fraction of sp³-hybridized carbons (Fsp3) is 0.450. The maximum atomic E-state index is 12.6. The van der Waals surface area contributed by atoms with Crippen molar-refractivity contribution in [2.45, 2.75) is 18.9 Å². The van der Waals surface area contributed by atoms with Gasteiger partial charge in [-0.2, -0.15) is 0 Å². The van der Waals surface area contributed by atoms with Gasteiger partial charge in [0.15, 0.2) is 11.6 Å². The summed E-state index contributed by atoms with van der Waals surface area (Å²) >= 11 is 0. The normalized spacial score (nSPS) is 21.2. The van der Waals surface area contributed by atoms with Crippen molar-refractivity contribution in [3.8, 4) is 5.75 Å². The highest BCUT2D eigenvalue weighted by Gasteiger charge is 2.27. The van der Waals surface area contributed by atoms with Crippen LogP contribution in [0.25, 0.3) is 0 Å². The number of rotatable bonds is 5. The van der Waals surface area contributed by atoms with E-state index in [1.165, 1.54) is 0 Å². The predicted molar refractivity (Wildman–Crippen MR) is 105 cm³/mol. The number of pyridine rings is 1. The van der Waals surface area contributed by atoms with Crippen LogP contribution in [0.3, 0.4) is 0 Å². The Bertz CT molecular complexity index is 816. The number of fused-ring (bicyclic) bond motifs is 1. The van der Waals surface area contributed by atoms with Crippen LogP contribution in [0, 0.1) is 0 Å². The average Bonchev–Trinajstić information content (AvgIpc) is 3.27. The van der Waals surface area contributed by atoms with Crippen LogP contribution in [0.1, 0.15) is 23.2 Å². The lowest BCUT2D eigenvalue weighted by atomic mass is 10.1. The molecule has 1 aromatic rings. The molecule has 2 amide bonds. The van der Waals surface area contributed by atoms with Gasteiger partial charge in [-0.1, -0.05) is 0 Å². The molecule has 4 rings (SSSR count). The van der Waals surface area contributed by atoms with E-state index < -0.39 is 0 Å². The molecule has 0 bridgehead atoms. The largest absolute Gasteiger partial charge is 0.488 e. The molecule has 0 spiro atoms. The number of likely N-dealkylation sites (tertiary alicyclic amines) is 1. The van der Waals surface area contributed by atoms with Crippen LogP contribution in [0.15, 0.2) is 36.3 Å². The van der Waals surface area contributed by atoms with Gasteiger partial charge in [-0.3, -0.25) is 9.59 Å². The number of anilines is 1. The maximum absolute atomic E-state index is 12.6. The van der Waals surface area contributed by atoms with Crippen molar-refractivity contribution in [3.05, 3.63) is 41.9 Å². The summed E-state index contributed by atoms with van der Waals surface area (Å²) in [7, 11) is 1.86. The number of aromatic nitrogens is 1. The maximum Gasteiger partial charge on any atom is 0.255 e. The molecule has 0 saturated carbocycles. The molecule has 3 aliphatic rings. The Morgan fingerprint density at radius 1 is 1.36 bits per heavy atom. The fourth-order valence-corrected chi connectivity index (χ4v) is 3.85. The number of amides is 2. The topological polar surface area (TPSA) is 78.0 Å². The van der Waals surface area contributed by atoms with E-state index in [2.05, 4.69) is 15.2 Å². The van der Waals surface area contributed by atoms with Gasteiger partial charge in [0.25, 0.3) is 5.91 Å². The van der Waals surface area contributed by atoms with Gasteiger partial charge in [0, 0.05) is 37.7 Å². The highest BCUT2D eigenvalue weighted by molar-refractivity contribution is 5.95. The van der Waals surface area contributed by atoms with Gasteiger partial charge in [-0.05, 0) is 38.1 Å². The minimum absolute atomic E-state index is 0.0148. The lowest BCUT2D eigenvalue weighted by Gasteiger charge is -2.34. The molecule has 1 fully saturated rings. The van der Waals surface area contributed by atoms with Crippen molar-refractivity contribution in [1.29, 1.82) is 0 Å². The SMILES string of the molecule is CNCC1C=C(N2CCOc3cc(C(=O)N4CCCC4)cnc32)C=CN1C=O. The molecule has 8 nitrogen and oxygen atoms in total. The Labute approximate surface area is 164 Å². The molecule has 0 aromatic carbocycles. The third-order valence-electron chi connectivity index (χ3n) is 5.31. The highest BCUT2D eigenvalue weighted by Crippen LogP contribution is 2.34. The van der Waals surface area contributed by atoms with Gasteiger partial charge in [-0.15, -0.1) is 0 Å². The molecule has 1 unspecified atom stereocenters. The molecule has 1 N–H and O–H groups in total. The van der Waals surface area contributed by atoms with Gasteiger partial charge in [0.05, 0.1) is 18.2 Å². The zero-order chi connectivity index (χ0) is 19.5. The number of nitrogens with zero attached hydrogens (tertiary/aromatic N) is 4. The van der Waals surface area contributed by atoms with Crippen LogP contribution >= 0.6 is 0 Å². The van der Waals surface area contributed by atoms with Crippen LogP contribution in [0.2, 0.25) is 0 Å². The minimum atomic E-state index is -0.0650. The Balaban J connectivity index is 1.59. The van der Waals surface area contributed by atoms with Crippen LogP contribution in [0.4, 0.5) is 5.82 Å². The zero-order valence-electron chi connectivity index (χ0n) is 16.0. The number of allylic oxidation sites excluding steroid dienone is 1. The first-order chi connectivity index (χ1) is 13.7. The standard InChI is InChI=1S/C20H25N5O3/c1-21-13-17-11-16(4-7-24(17)14-26)25-8-9-28-18-10-15(12-22-19(18)25)20(27)23-5-2-3-6-23/h4,7,10-12,14,17,21H,2-3,5-6,8-9,13H2,1H3. The van der Waals surface area contributed by atoms with E-state index in [0.29, 0.717) is 36.8 Å². The van der Waals surface area contributed by atoms with E-state index in [1.54, 1.807) is 23.4 Å². The number of ether oxygens (including phenoxy) is 1. The van der Waals surface area contributed by atoms with E-state index in [4.69, 9.17) is 4.74 Å². The van der Waals surface area contributed by atoms with Crippen LogP contribution in [-0.4, -0.2) is 73.0 Å². The molecule has 0 radical (unpaired) electrons. The van der Waals surface area contributed by atoms with Crippen LogP contribution in [-0.2, 0) is 4.79 Å². The summed E-state index contributed by atoms with van der Waals surface area (Å²) < 4.78 is 5.81. The zero-order valence-corrected chi connectivity index (χ0v) is 16.0. The molecule has 148 valence electrons. The minimum Gasteiger partial charge on any atom is -0.488 e. The Morgan fingerprint density at radius 3 is 2.93 bits per heavy atom. The van der Waals surface area contributed by atoms with Gasteiger partial charge < -0.3 is 24.8 Å². The van der Waals surface area contributed by atoms with Crippen LogP contribution < -0.4 is 15.0 Å². The third kappa shape index (κ3) is 3.47.